The van der Waals surface area contributed by atoms with Crippen molar-refractivity contribution in [3.8, 4) is 0 Å². The van der Waals surface area contributed by atoms with E-state index in [2.05, 4.69) is 5.32 Å². The molecule has 0 fully saturated rings. The predicted molar refractivity (Wildman–Crippen MR) is 71.6 cm³/mol. The van der Waals surface area contributed by atoms with Gasteiger partial charge in [-0.15, -0.1) is 0 Å². The Hall–Kier alpha value is -1.56. The van der Waals surface area contributed by atoms with Gasteiger partial charge < -0.3 is 11.1 Å². The van der Waals surface area contributed by atoms with Crippen LogP contribution in [-0.4, -0.2) is 11.9 Å². The van der Waals surface area contributed by atoms with Gasteiger partial charge in [0.05, 0.1) is 5.69 Å². The Morgan fingerprint density at radius 3 is 2.30 bits per heavy atom. The molecule has 6 heteroatoms. The van der Waals surface area contributed by atoms with Crippen LogP contribution in [0.4, 0.5) is 18.9 Å². The fourth-order valence-electron chi connectivity index (χ4n) is 1.92. The van der Waals surface area contributed by atoms with Gasteiger partial charge in [0.25, 0.3) is 0 Å². The summed E-state index contributed by atoms with van der Waals surface area (Å²) in [6.07, 6.45) is 0.594. The number of benzene rings is 1. The number of anilines is 1. The van der Waals surface area contributed by atoms with Crippen LogP contribution in [0.15, 0.2) is 12.1 Å². The standard InChI is InChI=1S/C14H19F3N2O/c1-14(2,3)7-8(18)4-13(20)19-12-6-10(16)9(15)5-11(12)17/h5-6,8H,4,7,18H2,1-3H3,(H,19,20). The summed E-state index contributed by atoms with van der Waals surface area (Å²) in [5, 5.41) is 2.19. The van der Waals surface area contributed by atoms with E-state index in [4.69, 9.17) is 5.73 Å². The van der Waals surface area contributed by atoms with Crippen LogP contribution in [0, 0.1) is 22.9 Å². The minimum Gasteiger partial charge on any atom is -0.327 e. The molecule has 112 valence electrons. The second-order valence-electron chi connectivity index (χ2n) is 6.02. The maximum absolute atomic E-state index is 13.3. The van der Waals surface area contributed by atoms with Crippen molar-refractivity contribution in [2.75, 3.05) is 5.32 Å². The average molecular weight is 288 g/mol. The third-order valence-electron chi connectivity index (χ3n) is 2.61. The van der Waals surface area contributed by atoms with E-state index in [0.29, 0.717) is 18.6 Å². The Labute approximate surface area is 116 Å². The first-order valence-corrected chi connectivity index (χ1v) is 6.28. The third-order valence-corrected chi connectivity index (χ3v) is 2.61. The summed E-state index contributed by atoms with van der Waals surface area (Å²) in [4.78, 5) is 11.7. The van der Waals surface area contributed by atoms with E-state index in [1.54, 1.807) is 0 Å². The number of nitrogens with two attached hydrogens (primary N) is 1. The molecule has 1 rings (SSSR count). The SMILES string of the molecule is CC(C)(C)CC(N)CC(=O)Nc1cc(F)c(F)cc1F. The molecule has 0 saturated heterocycles. The first kappa shape index (κ1) is 16.5. The lowest BCUT2D eigenvalue weighted by atomic mass is 9.87. The highest BCUT2D eigenvalue weighted by Crippen LogP contribution is 2.22. The smallest absolute Gasteiger partial charge is 0.226 e. The van der Waals surface area contributed by atoms with Crippen LogP contribution in [-0.2, 0) is 4.79 Å². The van der Waals surface area contributed by atoms with E-state index >= 15 is 0 Å². The molecular formula is C14H19F3N2O. The molecule has 0 aliphatic rings. The summed E-state index contributed by atoms with van der Waals surface area (Å²) >= 11 is 0. The second-order valence-corrected chi connectivity index (χ2v) is 6.02. The molecule has 0 bridgehead atoms. The highest BCUT2D eigenvalue weighted by Gasteiger charge is 2.19. The number of nitrogens with one attached hydrogen (secondary N) is 1. The zero-order chi connectivity index (χ0) is 15.5. The third kappa shape index (κ3) is 5.21. The molecule has 0 aliphatic heterocycles. The average Bonchev–Trinajstić information content (AvgIpc) is 2.22. The second kappa shape index (κ2) is 6.26. The van der Waals surface area contributed by atoms with E-state index in [9.17, 15) is 18.0 Å². The molecule has 0 heterocycles. The summed E-state index contributed by atoms with van der Waals surface area (Å²) < 4.78 is 39.1. The molecule has 0 radical (unpaired) electrons. The zero-order valence-electron chi connectivity index (χ0n) is 11.8. The molecule has 1 aromatic rings. The van der Waals surface area contributed by atoms with E-state index in [-0.39, 0.29) is 17.9 Å². The van der Waals surface area contributed by atoms with Crippen LogP contribution >= 0.6 is 0 Å². The predicted octanol–water partition coefficient (Wildman–Crippen LogP) is 3.20. The number of rotatable bonds is 4. The molecular weight excluding hydrogens is 269 g/mol. The topological polar surface area (TPSA) is 55.1 Å². The van der Waals surface area contributed by atoms with E-state index in [1.807, 2.05) is 20.8 Å². The first-order chi connectivity index (χ1) is 9.08. The summed E-state index contributed by atoms with van der Waals surface area (Å²) in [7, 11) is 0. The Morgan fingerprint density at radius 1 is 1.20 bits per heavy atom. The lowest BCUT2D eigenvalue weighted by Crippen LogP contribution is -2.31. The molecule has 0 aromatic heterocycles. The molecule has 0 spiro atoms. The van der Waals surface area contributed by atoms with Gasteiger partial charge in [0.2, 0.25) is 5.91 Å². The number of halogens is 3. The number of hydrogen-bond acceptors (Lipinski definition) is 2. The van der Waals surface area contributed by atoms with Crippen LogP contribution < -0.4 is 11.1 Å². The Balaban J connectivity index is 2.65. The zero-order valence-corrected chi connectivity index (χ0v) is 11.8. The van der Waals surface area contributed by atoms with Gasteiger partial charge in [-0.05, 0) is 11.8 Å². The van der Waals surface area contributed by atoms with Crippen molar-refractivity contribution in [3.63, 3.8) is 0 Å². The van der Waals surface area contributed by atoms with E-state index in [0.717, 1.165) is 0 Å². The van der Waals surface area contributed by atoms with Crippen molar-refractivity contribution in [1.29, 1.82) is 0 Å². The summed E-state index contributed by atoms with van der Waals surface area (Å²) in [6, 6.07) is 0.612. The molecule has 0 aliphatic carbocycles. The fourth-order valence-corrected chi connectivity index (χ4v) is 1.92. The maximum Gasteiger partial charge on any atom is 0.226 e. The summed E-state index contributed by atoms with van der Waals surface area (Å²) in [5.74, 6) is -4.08. The van der Waals surface area contributed by atoms with Crippen molar-refractivity contribution >= 4 is 11.6 Å². The number of hydrogen-bond donors (Lipinski definition) is 2. The summed E-state index contributed by atoms with van der Waals surface area (Å²) in [5.41, 5.74) is 5.39. The first-order valence-electron chi connectivity index (χ1n) is 6.28. The van der Waals surface area contributed by atoms with E-state index < -0.39 is 29.0 Å². The van der Waals surface area contributed by atoms with Crippen molar-refractivity contribution in [2.24, 2.45) is 11.1 Å². The van der Waals surface area contributed by atoms with Crippen molar-refractivity contribution in [2.45, 2.75) is 39.7 Å². The maximum atomic E-state index is 13.3. The van der Waals surface area contributed by atoms with Crippen LogP contribution in [0.1, 0.15) is 33.6 Å². The molecule has 3 nitrogen and oxygen atoms in total. The molecule has 1 aromatic carbocycles. The fraction of sp³-hybridized carbons (Fsp3) is 0.500. The normalized spacial score (nSPS) is 13.2. The highest BCUT2D eigenvalue weighted by molar-refractivity contribution is 5.91. The Bertz CT molecular complexity index is 498. The number of carbonyl (C=O) groups is 1. The molecule has 20 heavy (non-hydrogen) atoms. The minimum atomic E-state index is -1.30. The van der Waals surface area contributed by atoms with Crippen LogP contribution in [0.3, 0.4) is 0 Å². The minimum absolute atomic E-state index is 0.0181. The molecule has 1 atom stereocenters. The quantitative estimate of drug-likeness (QED) is 0.836. The van der Waals surface area contributed by atoms with Gasteiger partial charge in [-0.1, -0.05) is 20.8 Å². The van der Waals surface area contributed by atoms with Crippen molar-refractivity contribution in [1.82, 2.24) is 0 Å². The highest BCUT2D eigenvalue weighted by atomic mass is 19.2. The molecule has 3 N–H and O–H groups in total. The molecule has 1 unspecified atom stereocenters. The van der Waals surface area contributed by atoms with Crippen LogP contribution in [0.5, 0.6) is 0 Å². The van der Waals surface area contributed by atoms with Crippen molar-refractivity contribution < 1.29 is 18.0 Å². The summed E-state index contributed by atoms with van der Waals surface area (Å²) in [6.45, 7) is 5.96. The van der Waals surface area contributed by atoms with Crippen LogP contribution in [0.2, 0.25) is 0 Å². The Kier molecular flexibility index (Phi) is 5.16. The number of carbonyl (C=O) groups excluding carboxylic acids is 1. The molecule has 0 saturated carbocycles. The lowest BCUT2D eigenvalue weighted by Gasteiger charge is -2.22. The van der Waals surface area contributed by atoms with Crippen LogP contribution in [0.25, 0.3) is 0 Å². The lowest BCUT2D eigenvalue weighted by molar-refractivity contribution is -0.116. The van der Waals surface area contributed by atoms with E-state index in [1.165, 1.54) is 0 Å². The van der Waals surface area contributed by atoms with Gasteiger partial charge in [-0.25, -0.2) is 13.2 Å². The van der Waals surface area contributed by atoms with Gasteiger partial charge in [-0.2, -0.15) is 0 Å². The largest absolute Gasteiger partial charge is 0.327 e. The Morgan fingerprint density at radius 2 is 1.75 bits per heavy atom. The van der Waals surface area contributed by atoms with Gasteiger partial charge >= 0.3 is 0 Å². The number of amides is 1. The monoisotopic (exact) mass is 288 g/mol. The molecule has 1 amide bonds. The van der Waals surface area contributed by atoms with Crippen molar-refractivity contribution in [3.05, 3.63) is 29.6 Å². The van der Waals surface area contributed by atoms with Gasteiger partial charge in [0.15, 0.2) is 11.6 Å². The van der Waals surface area contributed by atoms with Gasteiger partial charge in [-0.3, -0.25) is 4.79 Å². The van der Waals surface area contributed by atoms with Gasteiger partial charge in [0.1, 0.15) is 5.82 Å². The van der Waals surface area contributed by atoms with Gasteiger partial charge in [0, 0.05) is 24.6 Å².